The minimum Gasteiger partial charge on any atom is -0.337 e. The van der Waals surface area contributed by atoms with Gasteiger partial charge in [0.25, 0.3) is 5.56 Å². The van der Waals surface area contributed by atoms with E-state index in [1.165, 1.54) is 23.0 Å². The third-order valence-corrected chi connectivity index (χ3v) is 4.91. The molecular formula is C19H17Cl2N3O2. The number of rotatable bonds is 4. The van der Waals surface area contributed by atoms with Crippen molar-refractivity contribution in [1.29, 1.82) is 0 Å². The average molecular weight is 390 g/mol. The number of carbonyl (C=O) groups is 1. The quantitative estimate of drug-likeness (QED) is 0.679. The normalized spacial score (nSPS) is 12.2. The van der Waals surface area contributed by atoms with Crippen LogP contribution in [0.1, 0.15) is 18.5 Å². The van der Waals surface area contributed by atoms with Crippen molar-refractivity contribution in [3.63, 3.8) is 0 Å². The lowest BCUT2D eigenvalue weighted by molar-refractivity contribution is -0.132. The van der Waals surface area contributed by atoms with Crippen LogP contribution in [0.5, 0.6) is 0 Å². The van der Waals surface area contributed by atoms with E-state index in [2.05, 4.69) is 4.98 Å². The number of benzene rings is 2. The lowest BCUT2D eigenvalue weighted by Gasteiger charge is -2.25. The first-order valence-electron chi connectivity index (χ1n) is 8.03. The Morgan fingerprint density at radius 2 is 1.92 bits per heavy atom. The monoisotopic (exact) mass is 389 g/mol. The van der Waals surface area contributed by atoms with Crippen molar-refractivity contribution in [2.45, 2.75) is 19.5 Å². The summed E-state index contributed by atoms with van der Waals surface area (Å²) in [5, 5.41) is 0.940. The number of fused-ring (bicyclic) bond motifs is 1. The van der Waals surface area contributed by atoms with E-state index in [0.717, 1.165) is 5.56 Å². The van der Waals surface area contributed by atoms with E-state index < -0.39 is 0 Å². The SMILES string of the molecule is CC(c1ccccc1)N(C)C(=O)Cn1cnc2c(Cl)cc(Cl)cc2c1=O. The molecule has 3 aromatic rings. The molecule has 134 valence electrons. The van der Waals surface area contributed by atoms with Gasteiger partial charge in [-0.1, -0.05) is 53.5 Å². The van der Waals surface area contributed by atoms with Crippen molar-refractivity contribution >= 4 is 40.0 Å². The second-order valence-corrected chi connectivity index (χ2v) is 6.90. The maximum absolute atomic E-state index is 12.7. The van der Waals surface area contributed by atoms with Crippen molar-refractivity contribution in [3.8, 4) is 0 Å². The molecule has 2 aromatic carbocycles. The van der Waals surface area contributed by atoms with E-state index in [0.29, 0.717) is 15.6 Å². The molecule has 7 heteroatoms. The smallest absolute Gasteiger partial charge is 0.261 e. The highest BCUT2D eigenvalue weighted by Gasteiger charge is 2.19. The largest absolute Gasteiger partial charge is 0.337 e. The summed E-state index contributed by atoms with van der Waals surface area (Å²) in [5.41, 5.74) is 1.04. The molecule has 1 atom stereocenters. The van der Waals surface area contributed by atoms with E-state index in [-0.39, 0.29) is 29.4 Å². The van der Waals surface area contributed by atoms with Crippen LogP contribution in [-0.4, -0.2) is 27.4 Å². The first kappa shape index (κ1) is 18.4. The minimum atomic E-state index is -0.353. The summed E-state index contributed by atoms with van der Waals surface area (Å²) in [6.45, 7) is 1.83. The van der Waals surface area contributed by atoms with Crippen molar-refractivity contribution in [2.24, 2.45) is 0 Å². The fourth-order valence-electron chi connectivity index (χ4n) is 2.74. The number of amides is 1. The summed E-state index contributed by atoms with van der Waals surface area (Å²) in [5.74, 6) is -0.197. The van der Waals surface area contributed by atoms with E-state index in [1.54, 1.807) is 11.9 Å². The molecule has 0 radical (unpaired) electrons. The Labute approximate surface area is 160 Å². The lowest BCUT2D eigenvalue weighted by atomic mass is 10.1. The Hall–Kier alpha value is -2.37. The van der Waals surface area contributed by atoms with Gasteiger partial charge in [-0.2, -0.15) is 0 Å². The molecule has 0 aliphatic carbocycles. The van der Waals surface area contributed by atoms with Crippen molar-refractivity contribution in [1.82, 2.24) is 14.5 Å². The van der Waals surface area contributed by atoms with Gasteiger partial charge in [-0.05, 0) is 24.6 Å². The Bertz CT molecular complexity index is 1020. The molecule has 0 aliphatic rings. The number of hydrogen-bond acceptors (Lipinski definition) is 3. The Kier molecular flexibility index (Phi) is 5.30. The molecule has 0 saturated carbocycles. The summed E-state index contributed by atoms with van der Waals surface area (Å²) in [4.78, 5) is 31.1. The fourth-order valence-corrected chi connectivity index (χ4v) is 3.28. The topological polar surface area (TPSA) is 55.2 Å². The number of hydrogen-bond donors (Lipinski definition) is 0. The average Bonchev–Trinajstić information content (AvgIpc) is 2.63. The van der Waals surface area contributed by atoms with Gasteiger partial charge in [0.1, 0.15) is 6.54 Å². The van der Waals surface area contributed by atoms with Gasteiger partial charge in [0.2, 0.25) is 5.91 Å². The Balaban J connectivity index is 1.88. The summed E-state index contributed by atoms with van der Waals surface area (Å²) in [7, 11) is 1.72. The molecular weight excluding hydrogens is 373 g/mol. The van der Waals surface area contributed by atoms with Crippen LogP contribution in [0.25, 0.3) is 10.9 Å². The van der Waals surface area contributed by atoms with Gasteiger partial charge in [-0.25, -0.2) is 4.98 Å². The summed E-state index contributed by atoms with van der Waals surface area (Å²) in [6.07, 6.45) is 1.34. The van der Waals surface area contributed by atoms with Gasteiger partial charge in [0.15, 0.2) is 0 Å². The zero-order valence-corrected chi connectivity index (χ0v) is 15.8. The molecule has 0 aliphatic heterocycles. The number of carbonyl (C=O) groups excluding carboxylic acids is 1. The predicted octanol–water partition coefficient (Wildman–Crippen LogP) is 3.92. The molecule has 1 amide bonds. The molecule has 0 fully saturated rings. The second-order valence-electron chi connectivity index (χ2n) is 6.05. The molecule has 1 heterocycles. The standard InChI is InChI=1S/C19H17Cl2N3O2/c1-12(13-6-4-3-5-7-13)23(2)17(25)10-24-11-22-18-15(19(24)26)8-14(20)9-16(18)21/h3-9,11-12H,10H2,1-2H3. The third-order valence-electron chi connectivity index (χ3n) is 4.41. The number of likely N-dealkylation sites (N-methyl/N-ethyl adjacent to an activating group) is 1. The van der Waals surface area contributed by atoms with Crippen LogP contribution < -0.4 is 5.56 Å². The highest BCUT2D eigenvalue weighted by atomic mass is 35.5. The predicted molar refractivity (Wildman–Crippen MR) is 104 cm³/mol. The Morgan fingerprint density at radius 3 is 2.62 bits per heavy atom. The zero-order chi connectivity index (χ0) is 18.8. The van der Waals surface area contributed by atoms with Gasteiger partial charge in [0.05, 0.1) is 28.3 Å². The molecule has 0 saturated heterocycles. The Morgan fingerprint density at radius 1 is 1.23 bits per heavy atom. The van der Waals surface area contributed by atoms with Crippen LogP contribution in [0.3, 0.4) is 0 Å². The van der Waals surface area contributed by atoms with E-state index in [9.17, 15) is 9.59 Å². The first-order chi connectivity index (χ1) is 12.4. The van der Waals surface area contributed by atoms with E-state index in [4.69, 9.17) is 23.2 Å². The summed E-state index contributed by atoms with van der Waals surface area (Å²) < 4.78 is 1.27. The van der Waals surface area contributed by atoms with Crippen LogP contribution in [0.2, 0.25) is 10.0 Å². The van der Waals surface area contributed by atoms with Gasteiger partial charge in [-0.3, -0.25) is 14.2 Å². The van der Waals surface area contributed by atoms with Crippen LogP contribution in [0, 0.1) is 0 Å². The fraction of sp³-hybridized carbons (Fsp3) is 0.211. The van der Waals surface area contributed by atoms with Crippen LogP contribution >= 0.6 is 23.2 Å². The molecule has 1 aromatic heterocycles. The van der Waals surface area contributed by atoms with Crippen LogP contribution in [-0.2, 0) is 11.3 Å². The highest BCUT2D eigenvalue weighted by Crippen LogP contribution is 2.24. The van der Waals surface area contributed by atoms with E-state index >= 15 is 0 Å². The zero-order valence-electron chi connectivity index (χ0n) is 14.3. The van der Waals surface area contributed by atoms with Crippen LogP contribution in [0.15, 0.2) is 53.6 Å². The molecule has 5 nitrogen and oxygen atoms in total. The minimum absolute atomic E-state index is 0.112. The molecule has 26 heavy (non-hydrogen) atoms. The summed E-state index contributed by atoms with van der Waals surface area (Å²) in [6, 6.07) is 12.6. The van der Waals surface area contributed by atoms with Gasteiger partial charge in [-0.15, -0.1) is 0 Å². The molecule has 0 bridgehead atoms. The highest BCUT2D eigenvalue weighted by molar-refractivity contribution is 6.38. The van der Waals surface area contributed by atoms with Crippen molar-refractivity contribution in [2.75, 3.05) is 7.05 Å². The van der Waals surface area contributed by atoms with Crippen molar-refractivity contribution in [3.05, 3.63) is 74.8 Å². The number of nitrogens with zero attached hydrogens (tertiary/aromatic N) is 3. The van der Waals surface area contributed by atoms with Gasteiger partial charge < -0.3 is 4.90 Å². The van der Waals surface area contributed by atoms with Gasteiger partial charge >= 0.3 is 0 Å². The van der Waals surface area contributed by atoms with Crippen LogP contribution in [0.4, 0.5) is 0 Å². The number of halogens is 2. The maximum atomic E-state index is 12.7. The first-order valence-corrected chi connectivity index (χ1v) is 8.79. The lowest BCUT2D eigenvalue weighted by Crippen LogP contribution is -2.35. The molecule has 1 unspecified atom stereocenters. The van der Waals surface area contributed by atoms with Gasteiger partial charge in [0, 0.05) is 12.1 Å². The third kappa shape index (κ3) is 3.59. The van der Waals surface area contributed by atoms with E-state index in [1.807, 2.05) is 37.3 Å². The van der Waals surface area contributed by atoms with Crippen molar-refractivity contribution < 1.29 is 4.79 Å². The summed E-state index contributed by atoms with van der Waals surface area (Å²) >= 11 is 12.1. The molecule has 0 N–H and O–H groups in total. The second kappa shape index (κ2) is 7.48. The molecule has 3 rings (SSSR count). The maximum Gasteiger partial charge on any atom is 0.261 e. The number of aromatic nitrogens is 2. The molecule has 0 spiro atoms.